The zero-order chi connectivity index (χ0) is 15.2. The predicted octanol–water partition coefficient (Wildman–Crippen LogP) is 3.34. The third kappa shape index (κ3) is 5.77. The molecule has 0 heterocycles. The molecule has 20 heavy (non-hydrogen) atoms. The number of benzene rings is 1. The molecule has 6 heteroatoms. The van der Waals surface area contributed by atoms with E-state index in [1.807, 2.05) is 6.92 Å². The molecule has 0 saturated carbocycles. The summed E-state index contributed by atoms with van der Waals surface area (Å²) in [6, 6.07) is 4.33. The van der Waals surface area contributed by atoms with Gasteiger partial charge in [-0.15, -0.1) is 0 Å². The molecule has 0 aromatic heterocycles. The van der Waals surface area contributed by atoms with Crippen molar-refractivity contribution < 1.29 is 12.8 Å². The molecule has 1 unspecified atom stereocenters. The minimum absolute atomic E-state index is 0.101. The van der Waals surface area contributed by atoms with Crippen LogP contribution in [0, 0.1) is 5.82 Å². The normalized spacial score (nSPS) is 13.4. The summed E-state index contributed by atoms with van der Waals surface area (Å²) in [7, 11) is -3.00. The summed E-state index contributed by atoms with van der Waals surface area (Å²) in [6.45, 7) is 2.75. The fraction of sp³-hybridized carbons (Fsp3) is 0.571. The van der Waals surface area contributed by atoms with Crippen molar-refractivity contribution in [2.45, 2.75) is 32.2 Å². The van der Waals surface area contributed by atoms with E-state index >= 15 is 0 Å². The van der Waals surface area contributed by atoms with Crippen LogP contribution in [0.25, 0.3) is 0 Å². The second-order valence-corrected chi connectivity index (χ2v) is 7.58. The van der Waals surface area contributed by atoms with Gasteiger partial charge in [0.25, 0.3) is 0 Å². The van der Waals surface area contributed by atoms with Crippen LogP contribution in [-0.2, 0) is 9.84 Å². The fourth-order valence-electron chi connectivity index (χ4n) is 2.06. The molecule has 0 aliphatic heterocycles. The molecule has 0 aliphatic carbocycles. The van der Waals surface area contributed by atoms with Crippen molar-refractivity contribution in [1.82, 2.24) is 5.32 Å². The van der Waals surface area contributed by atoms with Crippen LogP contribution < -0.4 is 5.32 Å². The minimum atomic E-state index is -3.00. The average Bonchev–Trinajstić information content (AvgIpc) is 2.33. The van der Waals surface area contributed by atoms with E-state index in [-0.39, 0.29) is 17.6 Å². The monoisotopic (exact) mass is 321 g/mol. The Hall–Kier alpha value is -0.650. The number of hydrogen-bond acceptors (Lipinski definition) is 3. The lowest BCUT2D eigenvalue weighted by atomic mass is 10.0. The summed E-state index contributed by atoms with van der Waals surface area (Å²) in [5.41, 5.74) is 0.427. The SMILES string of the molecule is CCCNC(CCCS(C)(=O)=O)c1c(F)cccc1Cl. The van der Waals surface area contributed by atoms with Gasteiger partial charge < -0.3 is 5.32 Å². The second kappa shape index (κ2) is 7.96. The Balaban J connectivity index is 2.83. The molecule has 1 aromatic rings. The van der Waals surface area contributed by atoms with Gasteiger partial charge in [0, 0.05) is 28.6 Å². The molecule has 0 fully saturated rings. The van der Waals surface area contributed by atoms with E-state index in [2.05, 4.69) is 5.32 Å². The Morgan fingerprint density at radius 1 is 1.40 bits per heavy atom. The van der Waals surface area contributed by atoms with Crippen LogP contribution in [0.15, 0.2) is 18.2 Å². The Kier molecular flexibility index (Phi) is 6.92. The van der Waals surface area contributed by atoms with Crippen molar-refractivity contribution in [3.8, 4) is 0 Å². The number of hydrogen-bond donors (Lipinski definition) is 1. The van der Waals surface area contributed by atoms with Crippen molar-refractivity contribution in [1.29, 1.82) is 0 Å². The zero-order valence-electron chi connectivity index (χ0n) is 11.8. The van der Waals surface area contributed by atoms with Gasteiger partial charge in [0.1, 0.15) is 15.7 Å². The van der Waals surface area contributed by atoms with Gasteiger partial charge in [-0.2, -0.15) is 0 Å². The lowest BCUT2D eigenvalue weighted by molar-refractivity contribution is 0.469. The molecular weight excluding hydrogens is 301 g/mol. The van der Waals surface area contributed by atoms with Gasteiger partial charge in [0.05, 0.1) is 0 Å². The zero-order valence-corrected chi connectivity index (χ0v) is 13.4. The van der Waals surface area contributed by atoms with Gasteiger partial charge in [-0.3, -0.25) is 0 Å². The number of halogens is 2. The lowest BCUT2D eigenvalue weighted by Crippen LogP contribution is -2.24. The lowest BCUT2D eigenvalue weighted by Gasteiger charge is -2.20. The molecule has 0 bridgehead atoms. The van der Waals surface area contributed by atoms with E-state index in [1.54, 1.807) is 12.1 Å². The highest BCUT2D eigenvalue weighted by Gasteiger charge is 2.18. The van der Waals surface area contributed by atoms with Gasteiger partial charge in [0.2, 0.25) is 0 Å². The molecule has 0 spiro atoms. The molecule has 1 N–H and O–H groups in total. The van der Waals surface area contributed by atoms with Crippen molar-refractivity contribution in [3.63, 3.8) is 0 Å². The van der Waals surface area contributed by atoms with Crippen LogP contribution in [0.2, 0.25) is 5.02 Å². The highest BCUT2D eigenvalue weighted by atomic mass is 35.5. The number of rotatable bonds is 8. The Morgan fingerprint density at radius 3 is 2.65 bits per heavy atom. The first-order valence-corrected chi connectivity index (χ1v) is 9.14. The number of nitrogens with one attached hydrogen (secondary N) is 1. The van der Waals surface area contributed by atoms with Crippen molar-refractivity contribution in [2.75, 3.05) is 18.6 Å². The molecule has 0 amide bonds. The maximum absolute atomic E-state index is 13.9. The smallest absolute Gasteiger partial charge is 0.147 e. The first kappa shape index (κ1) is 17.4. The molecule has 3 nitrogen and oxygen atoms in total. The average molecular weight is 322 g/mol. The quantitative estimate of drug-likeness (QED) is 0.798. The molecule has 114 valence electrons. The fourth-order valence-corrected chi connectivity index (χ4v) is 3.05. The third-order valence-electron chi connectivity index (χ3n) is 3.00. The van der Waals surface area contributed by atoms with Gasteiger partial charge >= 0.3 is 0 Å². The highest BCUT2D eigenvalue weighted by Crippen LogP contribution is 2.29. The summed E-state index contributed by atoms with van der Waals surface area (Å²) >= 11 is 6.07. The maximum Gasteiger partial charge on any atom is 0.147 e. The Bertz CT molecular complexity index is 514. The molecular formula is C14H21ClFNO2S. The third-order valence-corrected chi connectivity index (χ3v) is 4.36. The van der Waals surface area contributed by atoms with Gasteiger partial charge in [0.15, 0.2) is 0 Å². The summed E-state index contributed by atoms with van der Waals surface area (Å²) < 4.78 is 36.3. The second-order valence-electron chi connectivity index (χ2n) is 4.91. The van der Waals surface area contributed by atoms with Gasteiger partial charge in [-0.1, -0.05) is 24.6 Å². The Labute approximate surface area is 125 Å². The van der Waals surface area contributed by atoms with E-state index in [1.165, 1.54) is 12.3 Å². The summed E-state index contributed by atoms with van der Waals surface area (Å²) in [5.74, 6) is -0.255. The predicted molar refractivity (Wildman–Crippen MR) is 81.4 cm³/mol. The van der Waals surface area contributed by atoms with Crippen molar-refractivity contribution in [2.24, 2.45) is 0 Å². The van der Waals surface area contributed by atoms with Crippen molar-refractivity contribution in [3.05, 3.63) is 34.6 Å². The molecule has 1 aromatic carbocycles. The highest BCUT2D eigenvalue weighted by molar-refractivity contribution is 7.90. The largest absolute Gasteiger partial charge is 0.310 e. The minimum Gasteiger partial charge on any atom is -0.310 e. The molecule has 0 aliphatic rings. The van der Waals surface area contributed by atoms with Crippen molar-refractivity contribution >= 4 is 21.4 Å². The van der Waals surface area contributed by atoms with Crippen LogP contribution in [-0.4, -0.2) is 27.0 Å². The maximum atomic E-state index is 13.9. The Morgan fingerprint density at radius 2 is 2.10 bits per heavy atom. The first-order chi connectivity index (χ1) is 9.35. The molecule has 1 rings (SSSR count). The van der Waals surface area contributed by atoms with Crippen LogP contribution in [0.3, 0.4) is 0 Å². The van der Waals surface area contributed by atoms with E-state index < -0.39 is 9.84 Å². The van der Waals surface area contributed by atoms with Crippen LogP contribution in [0.4, 0.5) is 4.39 Å². The van der Waals surface area contributed by atoms with Gasteiger partial charge in [-0.25, -0.2) is 12.8 Å². The topological polar surface area (TPSA) is 46.2 Å². The summed E-state index contributed by atoms with van der Waals surface area (Å²) in [6.07, 6.45) is 3.13. The summed E-state index contributed by atoms with van der Waals surface area (Å²) in [5, 5.41) is 3.61. The van der Waals surface area contributed by atoms with E-state index in [9.17, 15) is 12.8 Å². The molecule has 0 saturated heterocycles. The van der Waals surface area contributed by atoms with Crippen LogP contribution >= 0.6 is 11.6 Å². The molecule has 1 atom stereocenters. The van der Waals surface area contributed by atoms with Gasteiger partial charge in [-0.05, 0) is 37.9 Å². The van der Waals surface area contributed by atoms with E-state index in [0.29, 0.717) is 23.4 Å². The van der Waals surface area contributed by atoms with Crippen LogP contribution in [0.1, 0.15) is 37.8 Å². The van der Waals surface area contributed by atoms with E-state index in [4.69, 9.17) is 11.6 Å². The first-order valence-electron chi connectivity index (χ1n) is 6.70. The number of sulfone groups is 1. The summed E-state index contributed by atoms with van der Waals surface area (Å²) in [4.78, 5) is 0. The molecule has 0 radical (unpaired) electrons. The van der Waals surface area contributed by atoms with Crippen LogP contribution in [0.5, 0.6) is 0 Å². The standard InChI is InChI=1S/C14H21ClFNO2S/c1-3-9-17-13(8-5-10-20(2,18)19)14-11(15)6-4-7-12(14)16/h4,6-7,13,17H,3,5,8-10H2,1-2H3. The van der Waals surface area contributed by atoms with E-state index in [0.717, 1.165) is 13.0 Å².